The first-order valence-corrected chi connectivity index (χ1v) is 6.23. The molecule has 1 atom stereocenters. The van der Waals surface area contributed by atoms with E-state index in [-0.39, 0.29) is 5.82 Å². The molecule has 1 aromatic carbocycles. The molecule has 0 amide bonds. The Balaban J connectivity index is 2.72. The molecule has 2 nitrogen and oxygen atoms in total. The second kappa shape index (κ2) is 6.22. The lowest BCUT2D eigenvalue weighted by molar-refractivity contribution is 0.413. The Bertz CT molecular complexity index is 380. The number of rotatable bonds is 5. The van der Waals surface area contributed by atoms with Crippen molar-refractivity contribution in [2.45, 2.75) is 20.8 Å². The minimum absolute atomic E-state index is 0.245. The largest absolute Gasteiger partial charge is 0.383 e. The maximum Gasteiger partial charge on any atom is 0.128 e. The third-order valence-corrected chi connectivity index (χ3v) is 3.36. The van der Waals surface area contributed by atoms with Gasteiger partial charge in [0.1, 0.15) is 5.82 Å². The van der Waals surface area contributed by atoms with E-state index in [1.54, 1.807) is 13.0 Å². The molecule has 0 spiro atoms. The monoisotopic (exact) mass is 258 g/mol. The van der Waals surface area contributed by atoms with Crippen molar-refractivity contribution in [2.24, 2.45) is 17.6 Å². The van der Waals surface area contributed by atoms with Gasteiger partial charge in [0.2, 0.25) is 0 Å². The zero-order chi connectivity index (χ0) is 13.0. The van der Waals surface area contributed by atoms with Crippen LogP contribution in [0, 0.1) is 24.6 Å². The van der Waals surface area contributed by atoms with Crippen molar-refractivity contribution in [1.82, 2.24) is 0 Å². The first-order valence-electron chi connectivity index (χ1n) is 5.85. The fraction of sp³-hybridized carbons (Fsp3) is 0.538. The maximum absolute atomic E-state index is 13.4. The summed E-state index contributed by atoms with van der Waals surface area (Å²) in [6, 6.07) is 3.07. The highest BCUT2D eigenvalue weighted by atomic mass is 35.5. The highest BCUT2D eigenvalue weighted by Gasteiger charge is 2.12. The Morgan fingerprint density at radius 1 is 1.41 bits per heavy atom. The number of nitrogens with two attached hydrogens (primary N) is 1. The molecule has 96 valence electrons. The fourth-order valence-electron chi connectivity index (χ4n) is 1.61. The molecule has 1 rings (SSSR count). The van der Waals surface area contributed by atoms with Gasteiger partial charge < -0.3 is 11.1 Å². The first-order chi connectivity index (χ1) is 7.95. The number of benzene rings is 1. The minimum Gasteiger partial charge on any atom is -0.383 e. The van der Waals surface area contributed by atoms with Crippen molar-refractivity contribution < 1.29 is 4.39 Å². The van der Waals surface area contributed by atoms with Crippen LogP contribution in [0.3, 0.4) is 0 Å². The zero-order valence-electron chi connectivity index (χ0n) is 10.6. The van der Waals surface area contributed by atoms with Crippen LogP contribution in [0.5, 0.6) is 0 Å². The molecular weight excluding hydrogens is 239 g/mol. The van der Waals surface area contributed by atoms with Crippen LogP contribution in [0.15, 0.2) is 12.1 Å². The number of nitrogens with one attached hydrogen (secondary N) is 1. The Hall–Kier alpha value is -0.800. The van der Waals surface area contributed by atoms with E-state index < -0.39 is 0 Å². The molecule has 4 heteroatoms. The second-order valence-electron chi connectivity index (χ2n) is 4.70. The van der Waals surface area contributed by atoms with Crippen molar-refractivity contribution in [2.75, 3.05) is 18.4 Å². The van der Waals surface area contributed by atoms with Crippen LogP contribution < -0.4 is 11.1 Å². The SMILES string of the molecule is Cc1cc(Cl)c(NCC(CN)C(C)C)cc1F. The van der Waals surface area contributed by atoms with E-state index >= 15 is 0 Å². The molecule has 1 unspecified atom stereocenters. The molecule has 0 bridgehead atoms. The average Bonchev–Trinajstić information content (AvgIpc) is 2.25. The molecule has 0 aliphatic rings. The Kier molecular flexibility index (Phi) is 5.22. The van der Waals surface area contributed by atoms with Crippen molar-refractivity contribution in [3.8, 4) is 0 Å². The van der Waals surface area contributed by atoms with Crippen LogP contribution >= 0.6 is 11.6 Å². The molecule has 1 aromatic rings. The Morgan fingerprint density at radius 2 is 2.06 bits per heavy atom. The van der Waals surface area contributed by atoms with E-state index in [0.717, 1.165) is 0 Å². The topological polar surface area (TPSA) is 38.0 Å². The van der Waals surface area contributed by atoms with Gasteiger partial charge in [-0.25, -0.2) is 4.39 Å². The molecule has 3 N–H and O–H groups in total. The van der Waals surface area contributed by atoms with Crippen LogP contribution in [-0.2, 0) is 0 Å². The highest BCUT2D eigenvalue weighted by molar-refractivity contribution is 6.33. The van der Waals surface area contributed by atoms with E-state index in [9.17, 15) is 4.39 Å². The van der Waals surface area contributed by atoms with Gasteiger partial charge in [-0.2, -0.15) is 0 Å². The summed E-state index contributed by atoms with van der Waals surface area (Å²) in [5.41, 5.74) is 6.87. The smallest absolute Gasteiger partial charge is 0.128 e. The predicted molar refractivity (Wildman–Crippen MR) is 72.0 cm³/mol. The lowest BCUT2D eigenvalue weighted by Gasteiger charge is -2.20. The molecule has 0 saturated heterocycles. The molecule has 17 heavy (non-hydrogen) atoms. The van der Waals surface area contributed by atoms with E-state index in [1.807, 2.05) is 0 Å². The normalized spacial score (nSPS) is 12.9. The summed E-state index contributed by atoms with van der Waals surface area (Å²) in [4.78, 5) is 0. The average molecular weight is 259 g/mol. The number of anilines is 1. The van der Waals surface area contributed by atoms with Gasteiger partial charge in [-0.1, -0.05) is 25.4 Å². The molecular formula is C13H20ClFN2. The van der Waals surface area contributed by atoms with E-state index in [1.165, 1.54) is 6.07 Å². The summed E-state index contributed by atoms with van der Waals surface area (Å²) >= 11 is 6.05. The van der Waals surface area contributed by atoms with Gasteiger partial charge in [-0.15, -0.1) is 0 Å². The third-order valence-electron chi connectivity index (χ3n) is 3.05. The number of aryl methyl sites for hydroxylation is 1. The standard InChI is InChI=1S/C13H20ClFN2/c1-8(2)10(6-16)7-17-13-5-12(15)9(3)4-11(13)14/h4-5,8,10,17H,6-7,16H2,1-3H3. The molecule has 0 aliphatic heterocycles. The third kappa shape index (κ3) is 3.86. The predicted octanol–water partition coefficient (Wildman–Crippen LogP) is 3.43. The van der Waals surface area contributed by atoms with Gasteiger partial charge in [0.05, 0.1) is 10.7 Å². The van der Waals surface area contributed by atoms with Gasteiger partial charge in [-0.05, 0) is 43.0 Å². The summed E-state index contributed by atoms with van der Waals surface area (Å²) < 4.78 is 13.4. The van der Waals surface area contributed by atoms with Crippen molar-refractivity contribution in [3.05, 3.63) is 28.5 Å². The van der Waals surface area contributed by atoms with Crippen LogP contribution in [0.4, 0.5) is 10.1 Å². The van der Waals surface area contributed by atoms with Crippen molar-refractivity contribution in [1.29, 1.82) is 0 Å². The fourth-order valence-corrected chi connectivity index (χ4v) is 1.90. The molecule has 0 radical (unpaired) electrons. The number of hydrogen-bond acceptors (Lipinski definition) is 2. The van der Waals surface area contributed by atoms with E-state index in [0.29, 0.717) is 41.2 Å². The van der Waals surface area contributed by atoms with Gasteiger partial charge >= 0.3 is 0 Å². The molecule has 0 fully saturated rings. The molecule has 0 heterocycles. The molecule has 0 aliphatic carbocycles. The van der Waals surface area contributed by atoms with Crippen molar-refractivity contribution >= 4 is 17.3 Å². The Labute approximate surface area is 107 Å². The van der Waals surface area contributed by atoms with Gasteiger partial charge in [-0.3, -0.25) is 0 Å². The number of halogens is 2. The second-order valence-corrected chi connectivity index (χ2v) is 5.11. The van der Waals surface area contributed by atoms with Crippen LogP contribution in [0.2, 0.25) is 5.02 Å². The summed E-state index contributed by atoms with van der Waals surface area (Å²) in [7, 11) is 0. The minimum atomic E-state index is -0.245. The summed E-state index contributed by atoms with van der Waals surface area (Å²) in [5.74, 6) is 0.600. The molecule has 0 aromatic heterocycles. The Morgan fingerprint density at radius 3 is 2.59 bits per heavy atom. The summed E-state index contributed by atoms with van der Waals surface area (Å²) in [6.07, 6.45) is 0. The molecule has 0 saturated carbocycles. The van der Waals surface area contributed by atoms with Crippen molar-refractivity contribution in [3.63, 3.8) is 0 Å². The van der Waals surface area contributed by atoms with Gasteiger partial charge in [0.15, 0.2) is 0 Å². The quantitative estimate of drug-likeness (QED) is 0.849. The van der Waals surface area contributed by atoms with Crippen LogP contribution in [0.25, 0.3) is 0 Å². The lowest BCUT2D eigenvalue weighted by Crippen LogP contribution is -2.27. The number of hydrogen-bond donors (Lipinski definition) is 2. The van der Waals surface area contributed by atoms with Crippen LogP contribution in [0.1, 0.15) is 19.4 Å². The highest BCUT2D eigenvalue weighted by Crippen LogP contribution is 2.25. The maximum atomic E-state index is 13.4. The van der Waals surface area contributed by atoms with Crippen LogP contribution in [-0.4, -0.2) is 13.1 Å². The van der Waals surface area contributed by atoms with Gasteiger partial charge in [0.25, 0.3) is 0 Å². The van der Waals surface area contributed by atoms with E-state index in [4.69, 9.17) is 17.3 Å². The zero-order valence-corrected chi connectivity index (χ0v) is 11.3. The summed E-state index contributed by atoms with van der Waals surface area (Å²) in [6.45, 7) is 7.25. The van der Waals surface area contributed by atoms with Gasteiger partial charge in [0, 0.05) is 6.54 Å². The lowest BCUT2D eigenvalue weighted by atomic mass is 9.96. The summed E-state index contributed by atoms with van der Waals surface area (Å²) in [5, 5.41) is 3.71. The van der Waals surface area contributed by atoms with E-state index in [2.05, 4.69) is 19.2 Å². The first kappa shape index (κ1) is 14.3.